The van der Waals surface area contributed by atoms with Crippen LogP contribution in [0.5, 0.6) is 0 Å². The molecule has 14 nitrogen and oxygen atoms in total. The highest BCUT2D eigenvalue weighted by Crippen LogP contribution is 2.65. The molecular weight excluding hydrogens is 685 g/mol. The second-order valence-corrected chi connectivity index (χ2v) is 19.7. The van der Waals surface area contributed by atoms with Crippen LogP contribution < -0.4 is 20.7 Å². The van der Waals surface area contributed by atoms with Crippen LogP contribution in [0, 0.1) is 34.5 Å². The van der Waals surface area contributed by atoms with Crippen molar-refractivity contribution in [3.05, 3.63) is 43.0 Å². The van der Waals surface area contributed by atoms with Gasteiger partial charge in [-0.05, 0) is 47.1 Å². The van der Waals surface area contributed by atoms with Crippen LogP contribution in [0.1, 0.15) is 54.9 Å². The van der Waals surface area contributed by atoms with Gasteiger partial charge in [0, 0.05) is 32.1 Å². The van der Waals surface area contributed by atoms with Crippen LogP contribution in [0.25, 0.3) is 0 Å². The second kappa shape index (κ2) is 13.6. The molecule has 7 atom stereocenters. The lowest BCUT2D eigenvalue weighted by Crippen LogP contribution is -2.63. The Labute approximate surface area is 296 Å². The number of piperidine rings is 1. The molecule has 50 heavy (non-hydrogen) atoms. The molecule has 0 aromatic heterocycles. The van der Waals surface area contributed by atoms with E-state index in [2.05, 4.69) is 27.3 Å². The fraction of sp³-hybridized carbons (Fsp3) is 0.647. The van der Waals surface area contributed by atoms with Gasteiger partial charge in [0.25, 0.3) is 15.9 Å². The molecule has 5 amide bonds. The third-order valence-corrected chi connectivity index (χ3v) is 13.2. The largest absolute Gasteiger partial charge is 0.339 e. The molecule has 0 bridgehead atoms. The van der Waals surface area contributed by atoms with Gasteiger partial charge >= 0.3 is 6.03 Å². The summed E-state index contributed by atoms with van der Waals surface area (Å²) < 4.78 is 53.3. The van der Waals surface area contributed by atoms with Crippen LogP contribution in [0.4, 0.5) is 4.79 Å². The number of sulfonamides is 2. The van der Waals surface area contributed by atoms with E-state index in [-0.39, 0.29) is 47.6 Å². The maximum absolute atomic E-state index is 14.4. The smallest absolute Gasteiger partial charge is 0.315 e. The Bertz CT molecular complexity index is 1740. The Balaban J connectivity index is 1.56. The van der Waals surface area contributed by atoms with Gasteiger partial charge in [-0.1, -0.05) is 72.7 Å². The van der Waals surface area contributed by atoms with E-state index in [0.717, 1.165) is 10.6 Å². The number of hydrogen-bond acceptors (Lipinski definition) is 8. The minimum atomic E-state index is -4.23. The third-order valence-electron chi connectivity index (χ3n) is 10.6. The molecule has 0 radical (unpaired) electrons. The van der Waals surface area contributed by atoms with Crippen LogP contribution in [0.15, 0.2) is 47.9 Å². The number of nitrogens with one attached hydrogen (secondary N) is 4. The molecule has 0 spiro atoms. The molecule has 1 aliphatic heterocycles. The standard InChI is InChI=1S/C34H52N6O8S2/c1-11-21-17-34(21,30(43)38-50(47,48)22-15-13-12-14-16-22)37-28(41)26-25-23(33(25,7)8)18-40(26)29(42)27(32(4,5)6)36-31(44)35-24(20(2)3)19-39(9)49(10,45)46/h11-16,20-21,23-27H,1,17-19H2,2-10H3,(H,37,41)(H,38,43)(H2,35,36,44)/t21?,23?,24-,25+,26+,27-,34-/m1/s1. The zero-order valence-corrected chi connectivity index (χ0v) is 31.9. The molecule has 1 heterocycles. The predicted molar refractivity (Wildman–Crippen MR) is 188 cm³/mol. The molecule has 278 valence electrons. The first-order valence-corrected chi connectivity index (χ1v) is 20.1. The fourth-order valence-corrected chi connectivity index (χ4v) is 8.49. The quantitative estimate of drug-likeness (QED) is 0.220. The molecule has 1 aromatic rings. The summed E-state index contributed by atoms with van der Waals surface area (Å²) >= 11 is 0. The van der Waals surface area contributed by atoms with E-state index in [1.807, 2.05) is 27.7 Å². The van der Waals surface area contributed by atoms with Crippen LogP contribution in [0.3, 0.4) is 0 Å². The van der Waals surface area contributed by atoms with Crippen molar-refractivity contribution in [2.45, 2.75) is 83.4 Å². The monoisotopic (exact) mass is 736 g/mol. The van der Waals surface area contributed by atoms with Gasteiger partial charge in [-0.3, -0.25) is 14.4 Å². The van der Waals surface area contributed by atoms with Crippen LogP contribution in [-0.4, -0.2) is 99.9 Å². The van der Waals surface area contributed by atoms with Gasteiger partial charge < -0.3 is 20.9 Å². The Morgan fingerprint density at radius 2 is 1.66 bits per heavy atom. The van der Waals surface area contributed by atoms with Crippen molar-refractivity contribution in [2.75, 3.05) is 26.4 Å². The number of urea groups is 1. The number of likely N-dealkylation sites (tertiary alicyclic amines) is 1. The molecule has 3 aliphatic rings. The molecule has 2 saturated carbocycles. The summed E-state index contributed by atoms with van der Waals surface area (Å²) in [5, 5.41) is 8.43. The third kappa shape index (κ3) is 7.86. The normalized spacial score (nSPS) is 26.7. The van der Waals surface area contributed by atoms with E-state index < -0.39 is 78.8 Å². The lowest BCUT2D eigenvalue weighted by molar-refractivity contribution is -0.144. The maximum Gasteiger partial charge on any atom is 0.315 e. The van der Waals surface area contributed by atoms with Crippen molar-refractivity contribution in [2.24, 2.45) is 34.5 Å². The van der Waals surface area contributed by atoms with E-state index in [1.54, 1.807) is 26.8 Å². The molecule has 4 rings (SSSR count). The highest BCUT2D eigenvalue weighted by Gasteiger charge is 2.71. The van der Waals surface area contributed by atoms with Gasteiger partial charge in [0.15, 0.2) is 0 Å². The molecule has 3 fully saturated rings. The zero-order chi connectivity index (χ0) is 37.8. The number of amides is 5. The molecule has 1 saturated heterocycles. The van der Waals surface area contributed by atoms with Crippen molar-refractivity contribution in [1.29, 1.82) is 0 Å². The SMILES string of the molecule is C=CC1C[C@]1(NC(=O)[C@@H]1[C@@H]2C(CN1C(=O)[C@@H](NC(=O)N[C@H](CN(C)S(C)(=O)=O)C(C)C)C(C)(C)C)C2(C)C)C(=O)NS(=O)(=O)c1ccccc1. The topological polar surface area (TPSA) is 191 Å². The first-order chi connectivity index (χ1) is 22.9. The van der Waals surface area contributed by atoms with E-state index in [1.165, 1.54) is 42.3 Å². The zero-order valence-electron chi connectivity index (χ0n) is 30.3. The van der Waals surface area contributed by atoms with Crippen LogP contribution >= 0.6 is 0 Å². The average molecular weight is 737 g/mol. The van der Waals surface area contributed by atoms with Crippen LogP contribution in [-0.2, 0) is 34.4 Å². The van der Waals surface area contributed by atoms with Crippen LogP contribution in [0.2, 0.25) is 0 Å². The lowest BCUT2D eigenvalue weighted by atomic mass is 9.85. The summed E-state index contributed by atoms with van der Waals surface area (Å²) in [5.74, 6) is -2.87. The number of nitrogens with zero attached hydrogens (tertiary/aromatic N) is 2. The number of fused-ring (bicyclic) bond motifs is 1. The van der Waals surface area contributed by atoms with Gasteiger partial charge in [0.1, 0.15) is 17.6 Å². The highest BCUT2D eigenvalue weighted by atomic mass is 32.2. The number of rotatable bonds is 13. The van der Waals surface area contributed by atoms with Crippen molar-refractivity contribution < 1.29 is 36.0 Å². The first kappa shape index (κ1) is 39.3. The van der Waals surface area contributed by atoms with Crippen molar-refractivity contribution in [3.8, 4) is 0 Å². The summed E-state index contributed by atoms with van der Waals surface area (Å²) in [6, 6.07) is 4.14. The van der Waals surface area contributed by atoms with Gasteiger partial charge in [-0.25, -0.2) is 30.7 Å². The molecule has 2 aliphatic carbocycles. The van der Waals surface area contributed by atoms with Crippen molar-refractivity contribution in [3.63, 3.8) is 0 Å². The van der Waals surface area contributed by atoms with Crippen molar-refractivity contribution >= 4 is 43.8 Å². The lowest BCUT2D eigenvalue weighted by Gasteiger charge is -2.38. The Kier molecular flexibility index (Phi) is 10.7. The Hall–Kier alpha value is -3.50. The molecule has 4 N–H and O–H groups in total. The van der Waals surface area contributed by atoms with Crippen molar-refractivity contribution in [1.82, 2.24) is 29.9 Å². The maximum atomic E-state index is 14.4. The van der Waals surface area contributed by atoms with Gasteiger partial charge in [-0.15, -0.1) is 6.58 Å². The second-order valence-electron chi connectivity index (χ2n) is 16.0. The predicted octanol–water partition coefficient (Wildman–Crippen LogP) is 1.67. The average Bonchev–Trinajstić information content (AvgIpc) is 3.76. The summed E-state index contributed by atoms with van der Waals surface area (Å²) in [5.41, 5.74) is -2.64. The number of carbonyl (C=O) groups is 4. The van der Waals surface area contributed by atoms with E-state index in [0.29, 0.717) is 0 Å². The number of likely N-dealkylation sites (N-methyl/N-ethyl adjacent to an activating group) is 1. The Morgan fingerprint density at radius 1 is 1.06 bits per heavy atom. The number of carbonyl (C=O) groups excluding carboxylic acids is 4. The van der Waals surface area contributed by atoms with Gasteiger partial charge in [0.2, 0.25) is 21.8 Å². The molecular formula is C34H52N6O8S2. The summed E-state index contributed by atoms with van der Waals surface area (Å²) in [6.45, 7) is 17.1. The molecule has 2 unspecified atom stereocenters. The highest BCUT2D eigenvalue weighted by molar-refractivity contribution is 7.90. The minimum Gasteiger partial charge on any atom is -0.339 e. The molecule has 1 aromatic carbocycles. The van der Waals surface area contributed by atoms with E-state index in [9.17, 15) is 36.0 Å². The number of benzene rings is 1. The van der Waals surface area contributed by atoms with Gasteiger partial charge in [0.05, 0.1) is 11.2 Å². The summed E-state index contributed by atoms with van der Waals surface area (Å²) in [6.07, 6.45) is 2.70. The van der Waals surface area contributed by atoms with E-state index in [4.69, 9.17) is 0 Å². The number of hydrogen-bond donors (Lipinski definition) is 4. The minimum absolute atomic E-state index is 0.00821. The summed E-state index contributed by atoms with van der Waals surface area (Å²) in [7, 11) is -6.31. The van der Waals surface area contributed by atoms with Gasteiger partial charge in [-0.2, -0.15) is 0 Å². The van der Waals surface area contributed by atoms with E-state index >= 15 is 0 Å². The Morgan fingerprint density at radius 3 is 2.16 bits per heavy atom. The molecule has 16 heteroatoms. The first-order valence-electron chi connectivity index (χ1n) is 16.7. The summed E-state index contributed by atoms with van der Waals surface area (Å²) in [4.78, 5) is 56.9. The fourth-order valence-electron chi connectivity index (χ4n) is 7.00.